The molecule has 6 heteroatoms. The van der Waals surface area contributed by atoms with E-state index < -0.39 is 5.82 Å². The lowest BCUT2D eigenvalue weighted by molar-refractivity contribution is 0.629. The SMILES string of the molecule is Cc1nn(C)cc1CNc1cc(F)c(Cl)cc1N. The molecule has 0 saturated carbocycles. The highest BCUT2D eigenvalue weighted by atomic mass is 35.5. The minimum absolute atomic E-state index is 0.0237. The largest absolute Gasteiger partial charge is 0.397 e. The molecule has 0 aliphatic carbocycles. The van der Waals surface area contributed by atoms with Crippen molar-refractivity contribution in [2.24, 2.45) is 7.05 Å². The van der Waals surface area contributed by atoms with Gasteiger partial charge in [0.2, 0.25) is 0 Å². The Morgan fingerprint density at radius 3 is 2.83 bits per heavy atom. The molecule has 3 N–H and O–H groups in total. The van der Waals surface area contributed by atoms with Crippen molar-refractivity contribution in [3.8, 4) is 0 Å². The maximum atomic E-state index is 13.3. The third-order valence-electron chi connectivity index (χ3n) is 2.68. The van der Waals surface area contributed by atoms with Gasteiger partial charge in [-0.05, 0) is 13.0 Å². The summed E-state index contributed by atoms with van der Waals surface area (Å²) in [5.41, 5.74) is 8.67. The lowest BCUT2D eigenvalue weighted by Gasteiger charge is -2.09. The number of nitrogens with zero attached hydrogens (tertiary/aromatic N) is 2. The van der Waals surface area contributed by atoms with E-state index >= 15 is 0 Å². The highest BCUT2D eigenvalue weighted by Crippen LogP contribution is 2.26. The number of aryl methyl sites for hydroxylation is 2. The molecule has 0 unspecified atom stereocenters. The Morgan fingerprint density at radius 1 is 1.50 bits per heavy atom. The minimum Gasteiger partial charge on any atom is -0.397 e. The van der Waals surface area contributed by atoms with Gasteiger partial charge in [0.15, 0.2) is 0 Å². The molecule has 18 heavy (non-hydrogen) atoms. The predicted molar refractivity (Wildman–Crippen MR) is 71.1 cm³/mol. The first-order valence-electron chi connectivity index (χ1n) is 5.45. The third kappa shape index (κ3) is 2.56. The maximum absolute atomic E-state index is 13.3. The number of anilines is 2. The van der Waals surface area contributed by atoms with E-state index in [4.69, 9.17) is 17.3 Å². The Bertz CT molecular complexity index is 580. The molecule has 1 aromatic heterocycles. The summed E-state index contributed by atoms with van der Waals surface area (Å²) in [5.74, 6) is -0.490. The van der Waals surface area contributed by atoms with E-state index in [-0.39, 0.29) is 5.02 Å². The van der Waals surface area contributed by atoms with Crippen LogP contribution in [0.4, 0.5) is 15.8 Å². The van der Waals surface area contributed by atoms with Crippen LogP contribution in [0, 0.1) is 12.7 Å². The summed E-state index contributed by atoms with van der Waals surface area (Å²) in [4.78, 5) is 0. The van der Waals surface area contributed by atoms with Crippen LogP contribution in [0.5, 0.6) is 0 Å². The highest BCUT2D eigenvalue weighted by Gasteiger charge is 2.08. The molecule has 0 saturated heterocycles. The van der Waals surface area contributed by atoms with Gasteiger partial charge >= 0.3 is 0 Å². The van der Waals surface area contributed by atoms with Gasteiger partial charge in [-0.25, -0.2) is 4.39 Å². The molecule has 96 valence electrons. The van der Waals surface area contributed by atoms with Gasteiger partial charge in [-0.1, -0.05) is 11.6 Å². The Kier molecular flexibility index (Phi) is 3.43. The van der Waals surface area contributed by atoms with Crippen LogP contribution < -0.4 is 11.1 Å². The van der Waals surface area contributed by atoms with Gasteiger partial charge in [0.1, 0.15) is 5.82 Å². The first-order chi connectivity index (χ1) is 8.47. The highest BCUT2D eigenvalue weighted by molar-refractivity contribution is 6.31. The minimum atomic E-state index is -0.490. The molecule has 0 bridgehead atoms. The van der Waals surface area contributed by atoms with E-state index in [2.05, 4.69) is 10.4 Å². The van der Waals surface area contributed by atoms with Crippen LogP contribution >= 0.6 is 11.6 Å². The lowest BCUT2D eigenvalue weighted by Crippen LogP contribution is -2.03. The topological polar surface area (TPSA) is 55.9 Å². The molecule has 1 heterocycles. The first-order valence-corrected chi connectivity index (χ1v) is 5.82. The third-order valence-corrected chi connectivity index (χ3v) is 2.97. The second-order valence-corrected chi connectivity index (χ2v) is 4.53. The summed E-state index contributed by atoms with van der Waals surface area (Å²) < 4.78 is 15.1. The molecule has 1 aromatic carbocycles. The first kappa shape index (κ1) is 12.7. The number of nitrogens with one attached hydrogen (secondary N) is 1. The normalized spacial score (nSPS) is 10.7. The molecule has 0 spiro atoms. The van der Waals surface area contributed by atoms with Crippen molar-refractivity contribution in [3.63, 3.8) is 0 Å². The number of nitrogens with two attached hydrogens (primary N) is 1. The van der Waals surface area contributed by atoms with E-state index in [1.165, 1.54) is 12.1 Å². The molecule has 0 atom stereocenters. The molecule has 2 rings (SSSR count). The molecule has 2 aromatic rings. The summed E-state index contributed by atoms with van der Waals surface area (Å²) >= 11 is 5.64. The van der Waals surface area contributed by atoms with Gasteiger partial charge in [-0.15, -0.1) is 0 Å². The fourth-order valence-electron chi connectivity index (χ4n) is 1.73. The monoisotopic (exact) mass is 268 g/mol. The number of benzene rings is 1. The average Bonchev–Trinajstić information content (AvgIpc) is 2.61. The van der Waals surface area contributed by atoms with Crippen molar-refractivity contribution in [1.29, 1.82) is 0 Å². The van der Waals surface area contributed by atoms with Crippen LogP contribution in [0.1, 0.15) is 11.3 Å². The van der Waals surface area contributed by atoms with Gasteiger partial charge in [0.05, 0.1) is 22.1 Å². The molecule has 4 nitrogen and oxygen atoms in total. The molecule has 0 radical (unpaired) electrons. The predicted octanol–water partition coefficient (Wildman–Crippen LogP) is 2.72. The van der Waals surface area contributed by atoms with Crippen LogP contribution in [0.3, 0.4) is 0 Å². The van der Waals surface area contributed by atoms with Crippen molar-refractivity contribution in [3.05, 3.63) is 40.4 Å². The zero-order chi connectivity index (χ0) is 13.3. The second-order valence-electron chi connectivity index (χ2n) is 4.12. The number of halogens is 2. The van der Waals surface area contributed by atoms with E-state index in [1.54, 1.807) is 4.68 Å². The number of hydrogen-bond donors (Lipinski definition) is 2. The van der Waals surface area contributed by atoms with Gasteiger partial charge in [-0.3, -0.25) is 4.68 Å². The van der Waals surface area contributed by atoms with Crippen LogP contribution in [0.2, 0.25) is 5.02 Å². The lowest BCUT2D eigenvalue weighted by atomic mass is 10.2. The Hall–Kier alpha value is -1.75. The Morgan fingerprint density at radius 2 is 2.22 bits per heavy atom. The molecule has 0 fully saturated rings. The molecule has 0 aliphatic rings. The number of nitrogen functional groups attached to an aromatic ring is 1. The Labute approximate surface area is 110 Å². The zero-order valence-corrected chi connectivity index (χ0v) is 10.9. The second kappa shape index (κ2) is 4.86. The van der Waals surface area contributed by atoms with Crippen molar-refractivity contribution in [2.45, 2.75) is 13.5 Å². The number of hydrogen-bond acceptors (Lipinski definition) is 3. The Balaban J connectivity index is 2.15. The van der Waals surface area contributed by atoms with Gasteiger partial charge in [-0.2, -0.15) is 5.10 Å². The van der Waals surface area contributed by atoms with E-state index in [9.17, 15) is 4.39 Å². The van der Waals surface area contributed by atoms with Gasteiger partial charge < -0.3 is 11.1 Å². The average molecular weight is 269 g/mol. The summed E-state index contributed by atoms with van der Waals surface area (Å²) in [7, 11) is 1.85. The number of rotatable bonds is 3. The summed E-state index contributed by atoms with van der Waals surface area (Å²) in [6.07, 6.45) is 1.91. The van der Waals surface area contributed by atoms with Crippen molar-refractivity contribution in [1.82, 2.24) is 9.78 Å². The van der Waals surface area contributed by atoms with Crippen LogP contribution in [0.15, 0.2) is 18.3 Å². The van der Waals surface area contributed by atoms with Crippen molar-refractivity contribution < 1.29 is 4.39 Å². The van der Waals surface area contributed by atoms with E-state index in [0.29, 0.717) is 17.9 Å². The molecular weight excluding hydrogens is 255 g/mol. The van der Waals surface area contributed by atoms with E-state index in [1.807, 2.05) is 20.2 Å². The van der Waals surface area contributed by atoms with Crippen LogP contribution in [-0.4, -0.2) is 9.78 Å². The van der Waals surface area contributed by atoms with Crippen LogP contribution in [-0.2, 0) is 13.6 Å². The van der Waals surface area contributed by atoms with Gasteiger partial charge in [0.25, 0.3) is 0 Å². The molecule has 0 amide bonds. The maximum Gasteiger partial charge on any atom is 0.143 e. The summed E-state index contributed by atoms with van der Waals surface area (Å²) in [6.45, 7) is 2.45. The molecule has 0 aliphatic heterocycles. The quantitative estimate of drug-likeness (QED) is 0.842. The van der Waals surface area contributed by atoms with Crippen LogP contribution in [0.25, 0.3) is 0 Å². The van der Waals surface area contributed by atoms with Crippen molar-refractivity contribution >= 4 is 23.0 Å². The summed E-state index contributed by atoms with van der Waals surface area (Å²) in [5, 5.41) is 7.33. The van der Waals surface area contributed by atoms with Gasteiger partial charge in [0, 0.05) is 31.4 Å². The zero-order valence-electron chi connectivity index (χ0n) is 10.2. The smallest absolute Gasteiger partial charge is 0.143 e. The van der Waals surface area contributed by atoms with E-state index in [0.717, 1.165) is 11.3 Å². The number of aromatic nitrogens is 2. The van der Waals surface area contributed by atoms with Crippen molar-refractivity contribution in [2.75, 3.05) is 11.1 Å². The fourth-order valence-corrected chi connectivity index (χ4v) is 1.90. The standard InChI is InChI=1S/C12H14ClFN4/c1-7-8(6-18(2)17-7)5-16-12-4-10(14)9(13)3-11(12)15/h3-4,6,16H,5,15H2,1-2H3. The molecular formula is C12H14ClFN4. The summed E-state index contributed by atoms with van der Waals surface area (Å²) in [6, 6.07) is 2.69. The fraction of sp³-hybridized carbons (Fsp3) is 0.250.